The van der Waals surface area contributed by atoms with Crippen LogP contribution in [0.25, 0.3) is 17.2 Å². The molecule has 25 heavy (non-hydrogen) atoms. The Morgan fingerprint density at radius 1 is 1.04 bits per heavy atom. The fourth-order valence-electron chi connectivity index (χ4n) is 2.24. The first-order chi connectivity index (χ1) is 12.2. The number of benzene rings is 1. The second-order valence-corrected chi connectivity index (χ2v) is 6.81. The first-order valence-corrected chi connectivity index (χ1v) is 9.02. The molecule has 5 nitrogen and oxygen atoms in total. The van der Waals surface area contributed by atoms with Crippen LogP contribution in [0.2, 0.25) is 0 Å². The van der Waals surface area contributed by atoms with E-state index in [0.29, 0.717) is 10.6 Å². The molecule has 1 N–H and O–H groups in total. The van der Waals surface area contributed by atoms with Gasteiger partial charge in [-0.2, -0.15) is 0 Å². The number of amides is 2. The normalized spacial score (nSPS) is 10.7. The lowest BCUT2D eigenvalue weighted by Crippen LogP contribution is -2.09. The molecule has 0 radical (unpaired) electrons. The summed E-state index contributed by atoms with van der Waals surface area (Å²) >= 11 is 2.69. The van der Waals surface area contributed by atoms with Crippen LogP contribution in [0.4, 0.5) is 5.00 Å². The Balaban J connectivity index is 1.88. The van der Waals surface area contributed by atoms with Crippen molar-refractivity contribution in [1.82, 2.24) is 0 Å². The van der Waals surface area contributed by atoms with E-state index >= 15 is 0 Å². The maximum Gasteiger partial charge on any atom is 0.320 e. The van der Waals surface area contributed by atoms with Crippen LogP contribution in [0, 0.1) is 4.91 Å². The minimum absolute atomic E-state index is 0.115. The molecule has 0 saturated carbocycles. The molecule has 0 aliphatic carbocycles. The van der Waals surface area contributed by atoms with Crippen molar-refractivity contribution in [2.75, 3.05) is 5.32 Å². The summed E-state index contributed by atoms with van der Waals surface area (Å²) in [5.41, 5.74) is 1.47. The van der Waals surface area contributed by atoms with Gasteiger partial charge in [0.25, 0.3) is 0 Å². The Morgan fingerprint density at radius 3 is 2.52 bits per heavy atom. The molecule has 3 rings (SSSR count). The van der Waals surface area contributed by atoms with Crippen molar-refractivity contribution in [2.45, 2.75) is 0 Å². The summed E-state index contributed by atoms with van der Waals surface area (Å²) in [6.45, 7) is 0. The molecule has 0 saturated heterocycles. The third kappa shape index (κ3) is 3.96. The highest BCUT2D eigenvalue weighted by molar-refractivity contribution is 7.15. The third-order valence-corrected chi connectivity index (χ3v) is 5.08. The average molecular weight is 368 g/mol. The van der Waals surface area contributed by atoms with E-state index in [-0.39, 0.29) is 11.5 Å². The monoisotopic (exact) mass is 368 g/mol. The largest absolute Gasteiger partial charge is 0.320 e. The van der Waals surface area contributed by atoms with Crippen LogP contribution < -0.4 is 5.32 Å². The van der Waals surface area contributed by atoms with Gasteiger partial charge in [-0.05, 0) is 23.1 Å². The second kappa shape index (κ2) is 7.78. The summed E-state index contributed by atoms with van der Waals surface area (Å²) in [5.74, 6) is -1.28. The number of anilines is 1. The molecule has 0 atom stereocenters. The van der Waals surface area contributed by atoms with E-state index in [2.05, 4.69) is 10.5 Å². The topological polar surface area (TPSA) is 75.6 Å². The third-order valence-electron chi connectivity index (χ3n) is 3.35. The number of carbonyl (C=O) groups is 2. The Hall–Kier alpha value is -2.90. The summed E-state index contributed by atoms with van der Waals surface area (Å²) in [7, 11) is 0. The molecule has 0 spiro atoms. The van der Waals surface area contributed by atoms with Gasteiger partial charge in [-0.15, -0.1) is 27.6 Å². The molecule has 0 bridgehead atoms. The zero-order valence-electron chi connectivity index (χ0n) is 12.8. The quantitative estimate of drug-likeness (QED) is 0.506. The van der Waals surface area contributed by atoms with Gasteiger partial charge in [-0.25, -0.2) is 0 Å². The van der Waals surface area contributed by atoms with Gasteiger partial charge in [0.15, 0.2) is 0 Å². The van der Waals surface area contributed by atoms with E-state index in [4.69, 9.17) is 0 Å². The number of hydrogen-bond donors (Lipinski definition) is 1. The van der Waals surface area contributed by atoms with Crippen LogP contribution in [0.15, 0.2) is 64.5 Å². The maximum atomic E-state index is 12.1. The number of hydrogen-bond acceptors (Lipinski definition) is 5. The van der Waals surface area contributed by atoms with Crippen LogP contribution in [0.3, 0.4) is 0 Å². The number of rotatable bonds is 5. The Bertz CT molecular complexity index is 929. The van der Waals surface area contributed by atoms with Crippen LogP contribution in [0.1, 0.15) is 15.2 Å². The molecular formula is C18H12N2O3S2. The molecule has 2 aromatic heterocycles. The highest BCUT2D eigenvalue weighted by Gasteiger charge is 2.21. The van der Waals surface area contributed by atoms with Crippen molar-refractivity contribution < 1.29 is 9.59 Å². The zero-order chi connectivity index (χ0) is 17.6. The number of nitrogens with zero attached hydrogens (tertiary/aromatic N) is 1. The minimum atomic E-state index is -0.905. The fourth-order valence-corrected chi connectivity index (χ4v) is 3.82. The van der Waals surface area contributed by atoms with E-state index in [1.165, 1.54) is 28.7 Å². The lowest BCUT2D eigenvalue weighted by atomic mass is 10.0. The molecule has 0 aliphatic heterocycles. The van der Waals surface area contributed by atoms with Gasteiger partial charge in [-0.3, -0.25) is 9.59 Å². The summed E-state index contributed by atoms with van der Waals surface area (Å²) in [5, 5.41) is 9.13. The first kappa shape index (κ1) is 16.9. The van der Waals surface area contributed by atoms with Crippen LogP contribution in [0.5, 0.6) is 0 Å². The predicted molar refractivity (Wildman–Crippen MR) is 102 cm³/mol. The van der Waals surface area contributed by atoms with Crippen LogP contribution >= 0.6 is 22.7 Å². The van der Waals surface area contributed by atoms with Gasteiger partial charge < -0.3 is 5.32 Å². The van der Waals surface area contributed by atoms with Crippen LogP contribution in [-0.4, -0.2) is 11.8 Å². The van der Waals surface area contributed by atoms with Gasteiger partial charge in [0, 0.05) is 27.1 Å². The summed E-state index contributed by atoms with van der Waals surface area (Å²) in [6.07, 6.45) is 3.07. The SMILES string of the molecule is O=NC(=O)c1c(-c2ccccc2)csc1NC(=O)/C=C/c1cccs1. The Kier molecular flexibility index (Phi) is 5.27. The molecule has 3 aromatic rings. The van der Waals surface area contributed by atoms with Crippen molar-refractivity contribution in [3.8, 4) is 11.1 Å². The second-order valence-electron chi connectivity index (χ2n) is 4.95. The summed E-state index contributed by atoms with van der Waals surface area (Å²) in [6, 6.07) is 12.9. The predicted octanol–water partition coefficient (Wildman–Crippen LogP) is 5.04. The van der Waals surface area contributed by atoms with Crippen molar-refractivity contribution in [3.63, 3.8) is 0 Å². The molecule has 1 aromatic carbocycles. The highest BCUT2D eigenvalue weighted by atomic mass is 32.1. The van der Waals surface area contributed by atoms with Crippen LogP contribution in [-0.2, 0) is 4.79 Å². The molecule has 124 valence electrons. The van der Waals surface area contributed by atoms with E-state index in [9.17, 15) is 14.5 Å². The van der Waals surface area contributed by atoms with Crippen molar-refractivity contribution >= 4 is 45.6 Å². The first-order valence-electron chi connectivity index (χ1n) is 7.26. The molecule has 2 amide bonds. The number of carbonyl (C=O) groups excluding carboxylic acids is 2. The van der Waals surface area contributed by atoms with Gasteiger partial charge in [0.2, 0.25) is 5.91 Å². The number of nitroso groups, excluding NO2 is 1. The smallest absolute Gasteiger partial charge is 0.313 e. The van der Waals surface area contributed by atoms with Crippen molar-refractivity contribution in [2.24, 2.45) is 5.18 Å². The molecular weight excluding hydrogens is 356 g/mol. The maximum absolute atomic E-state index is 12.1. The molecule has 2 heterocycles. The summed E-state index contributed by atoms with van der Waals surface area (Å²) in [4.78, 5) is 35.8. The van der Waals surface area contributed by atoms with Crippen molar-refractivity contribution in [1.29, 1.82) is 0 Å². The summed E-state index contributed by atoms with van der Waals surface area (Å²) < 4.78 is 0. The van der Waals surface area contributed by atoms with Gasteiger partial charge in [-0.1, -0.05) is 36.4 Å². The van der Waals surface area contributed by atoms with Gasteiger partial charge in [0.1, 0.15) is 5.00 Å². The molecule has 0 unspecified atom stereocenters. The van der Waals surface area contributed by atoms with E-state index in [1.54, 1.807) is 11.5 Å². The molecule has 0 aliphatic rings. The fraction of sp³-hybridized carbons (Fsp3) is 0. The van der Waals surface area contributed by atoms with Gasteiger partial charge >= 0.3 is 5.91 Å². The average Bonchev–Trinajstić information content (AvgIpc) is 3.30. The number of nitrogens with one attached hydrogen (secondary N) is 1. The number of thiophene rings is 2. The molecule has 7 heteroatoms. The lowest BCUT2D eigenvalue weighted by molar-refractivity contribution is -0.111. The lowest BCUT2D eigenvalue weighted by Gasteiger charge is -2.04. The molecule has 0 fully saturated rings. The zero-order valence-corrected chi connectivity index (χ0v) is 14.5. The van der Waals surface area contributed by atoms with Gasteiger partial charge in [0.05, 0.1) is 5.56 Å². The Morgan fingerprint density at radius 2 is 1.84 bits per heavy atom. The van der Waals surface area contributed by atoms with E-state index < -0.39 is 5.91 Å². The standard InChI is InChI=1S/C18H12N2O3S2/c21-15(9-8-13-7-4-10-24-13)19-18-16(17(22)20-23)14(11-25-18)12-5-2-1-3-6-12/h1-11H,(H,19,21)/b9-8+. The highest BCUT2D eigenvalue weighted by Crippen LogP contribution is 2.36. The Labute approximate surface area is 151 Å². The minimum Gasteiger partial charge on any atom is -0.313 e. The van der Waals surface area contributed by atoms with E-state index in [1.807, 2.05) is 47.8 Å². The van der Waals surface area contributed by atoms with E-state index in [0.717, 1.165) is 10.4 Å². The van der Waals surface area contributed by atoms with Crippen molar-refractivity contribution in [3.05, 3.63) is 74.6 Å².